The molecule has 1 aromatic heterocycles. The first kappa shape index (κ1) is 11.7. The summed E-state index contributed by atoms with van der Waals surface area (Å²) in [5.74, 6) is 0. The van der Waals surface area contributed by atoms with Gasteiger partial charge in [-0.15, -0.1) is 0 Å². The predicted octanol–water partition coefficient (Wildman–Crippen LogP) is 3.32. The van der Waals surface area contributed by atoms with Crippen LogP contribution >= 0.6 is 0 Å². The van der Waals surface area contributed by atoms with Gasteiger partial charge in [0.1, 0.15) is 0 Å². The van der Waals surface area contributed by atoms with Crippen molar-refractivity contribution in [1.29, 1.82) is 0 Å². The monoisotopic (exact) mass is 229 g/mol. The molecule has 0 amide bonds. The van der Waals surface area contributed by atoms with Gasteiger partial charge in [-0.05, 0) is 23.1 Å². The van der Waals surface area contributed by atoms with E-state index in [1.165, 1.54) is 5.56 Å². The Bertz CT molecular complexity index is 449. The molecule has 0 fully saturated rings. The molecular formula is C14H19N3. The number of rotatable bonds is 3. The topological polar surface area (TPSA) is 40.7 Å². The molecule has 0 radical (unpaired) electrons. The average molecular weight is 229 g/mol. The van der Waals surface area contributed by atoms with Crippen molar-refractivity contribution in [3.63, 3.8) is 0 Å². The van der Waals surface area contributed by atoms with Crippen LogP contribution in [0, 0.1) is 0 Å². The summed E-state index contributed by atoms with van der Waals surface area (Å²) >= 11 is 0. The number of nitrogens with one attached hydrogen (secondary N) is 2. The van der Waals surface area contributed by atoms with Crippen molar-refractivity contribution in [3.05, 3.63) is 48.0 Å². The minimum absolute atomic E-state index is 0.210. The summed E-state index contributed by atoms with van der Waals surface area (Å²) in [5, 5.41) is 3.35. The summed E-state index contributed by atoms with van der Waals surface area (Å²) in [5.41, 5.74) is 3.78. The summed E-state index contributed by atoms with van der Waals surface area (Å²) in [6.45, 7) is 7.44. The van der Waals surface area contributed by atoms with Gasteiger partial charge < -0.3 is 10.3 Å². The van der Waals surface area contributed by atoms with Gasteiger partial charge in [0, 0.05) is 11.9 Å². The van der Waals surface area contributed by atoms with Crippen LogP contribution in [0.2, 0.25) is 0 Å². The van der Waals surface area contributed by atoms with E-state index in [0.717, 1.165) is 17.9 Å². The smallest absolute Gasteiger partial charge is 0.0922 e. The molecule has 0 aliphatic carbocycles. The minimum atomic E-state index is 0.210. The van der Waals surface area contributed by atoms with E-state index < -0.39 is 0 Å². The average Bonchev–Trinajstić information content (AvgIpc) is 2.78. The van der Waals surface area contributed by atoms with Crippen LogP contribution in [0.25, 0.3) is 0 Å². The van der Waals surface area contributed by atoms with Crippen LogP contribution in [0.5, 0.6) is 0 Å². The summed E-state index contributed by atoms with van der Waals surface area (Å²) < 4.78 is 0. The third-order valence-electron chi connectivity index (χ3n) is 2.79. The van der Waals surface area contributed by atoms with Crippen LogP contribution in [0.3, 0.4) is 0 Å². The Kier molecular flexibility index (Phi) is 3.18. The highest BCUT2D eigenvalue weighted by Gasteiger charge is 2.12. The largest absolute Gasteiger partial charge is 0.379 e. The fourth-order valence-corrected chi connectivity index (χ4v) is 1.67. The van der Waals surface area contributed by atoms with Gasteiger partial charge in [-0.25, -0.2) is 4.98 Å². The Morgan fingerprint density at radius 1 is 1.18 bits per heavy atom. The third-order valence-corrected chi connectivity index (χ3v) is 2.79. The van der Waals surface area contributed by atoms with Crippen LogP contribution in [-0.2, 0) is 12.0 Å². The highest BCUT2D eigenvalue weighted by atomic mass is 14.9. The number of H-pyrrole nitrogens is 1. The fraction of sp³-hybridized carbons (Fsp3) is 0.357. The number of hydrogen-bond donors (Lipinski definition) is 2. The van der Waals surface area contributed by atoms with Crippen molar-refractivity contribution >= 4 is 5.69 Å². The first-order chi connectivity index (χ1) is 8.05. The zero-order valence-corrected chi connectivity index (χ0v) is 10.6. The van der Waals surface area contributed by atoms with E-state index in [-0.39, 0.29) is 5.41 Å². The molecule has 1 heterocycles. The fourth-order valence-electron chi connectivity index (χ4n) is 1.67. The molecule has 0 aliphatic rings. The molecule has 17 heavy (non-hydrogen) atoms. The molecule has 0 atom stereocenters. The lowest BCUT2D eigenvalue weighted by Crippen LogP contribution is -2.10. The summed E-state index contributed by atoms with van der Waals surface area (Å²) in [6, 6.07) is 8.60. The molecule has 90 valence electrons. The standard InChI is InChI=1S/C14H19N3/c1-14(2,3)11-4-6-12(7-5-11)16-9-13-8-15-10-17-13/h4-8,10,16H,9H2,1-3H3,(H,15,17). The van der Waals surface area contributed by atoms with Gasteiger partial charge in [-0.3, -0.25) is 0 Å². The number of nitrogens with zero attached hydrogens (tertiary/aromatic N) is 1. The van der Waals surface area contributed by atoms with Crippen LogP contribution in [0.15, 0.2) is 36.8 Å². The van der Waals surface area contributed by atoms with E-state index in [1.807, 2.05) is 6.20 Å². The van der Waals surface area contributed by atoms with Gasteiger partial charge in [0.15, 0.2) is 0 Å². The lowest BCUT2D eigenvalue weighted by Gasteiger charge is -2.19. The maximum Gasteiger partial charge on any atom is 0.0922 e. The molecule has 0 bridgehead atoms. The van der Waals surface area contributed by atoms with Crippen LogP contribution in [0.1, 0.15) is 32.0 Å². The predicted molar refractivity (Wildman–Crippen MR) is 71.1 cm³/mol. The van der Waals surface area contributed by atoms with Gasteiger partial charge in [-0.2, -0.15) is 0 Å². The molecule has 0 spiro atoms. The lowest BCUT2D eigenvalue weighted by atomic mass is 9.87. The van der Waals surface area contributed by atoms with E-state index in [1.54, 1.807) is 6.33 Å². The molecular weight excluding hydrogens is 210 g/mol. The SMILES string of the molecule is CC(C)(C)c1ccc(NCc2cnc[nH]2)cc1. The molecule has 1 aromatic carbocycles. The summed E-state index contributed by atoms with van der Waals surface area (Å²) in [6.07, 6.45) is 3.52. The lowest BCUT2D eigenvalue weighted by molar-refractivity contribution is 0.590. The van der Waals surface area contributed by atoms with Crippen molar-refractivity contribution in [2.75, 3.05) is 5.32 Å². The Morgan fingerprint density at radius 3 is 2.41 bits per heavy atom. The highest BCUT2D eigenvalue weighted by Crippen LogP contribution is 2.23. The Balaban J connectivity index is 1.99. The third kappa shape index (κ3) is 3.09. The number of aromatic amines is 1. The van der Waals surface area contributed by atoms with Gasteiger partial charge in [-0.1, -0.05) is 32.9 Å². The molecule has 2 aromatic rings. The van der Waals surface area contributed by atoms with Crippen LogP contribution in [0.4, 0.5) is 5.69 Å². The molecule has 0 aliphatic heterocycles. The van der Waals surface area contributed by atoms with Crippen molar-refractivity contribution in [1.82, 2.24) is 9.97 Å². The van der Waals surface area contributed by atoms with Crippen molar-refractivity contribution in [2.45, 2.75) is 32.7 Å². The van der Waals surface area contributed by atoms with E-state index in [0.29, 0.717) is 0 Å². The Hall–Kier alpha value is -1.77. The maximum absolute atomic E-state index is 3.99. The molecule has 0 saturated carbocycles. The normalized spacial score (nSPS) is 11.5. The second-order valence-electron chi connectivity index (χ2n) is 5.26. The number of anilines is 1. The zero-order chi connectivity index (χ0) is 12.3. The molecule has 0 saturated heterocycles. The molecule has 3 heteroatoms. The van der Waals surface area contributed by atoms with Crippen LogP contribution < -0.4 is 5.32 Å². The first-order valence-electron chi connectivity index (χ1n) is 5.87. The van der Waals surface area contributed by atoms with Crippen molar-refractivity contribution in [2.24, 2.45) is 0 Å². The van der Waals surface area contributed by atoms with Gasteiger partial charge >= 0.3 is 0 Å². The van der Waals surface area contributed by atoms with Crippen LogP contribution in [-0.4, -0.2) is 9.97 Å². The van der Waals surface area contributed by atoms with Gasteiger partial charge in [0.2, 0.25) is 0 Å². The zero-order valence-electron chi connectivity index (χ0n) is 10.6. The quantitative estimate of drug-likeness (QED) is 0.847. The molecule has 2 rings (SSSR count). The highest BCUT2D eigenvalue weighted by molar-refractivity contribution is 5.45. The van der Waals surface area contributed by atoms with Gasteiger partial charge in [0.25, 0.3) is 0 Å². The Morgan fingerprint density at radius 2 is 1.88 bits per heavy atom. The van der Waals surface area contributed by atoms with E-state index in [9.17, 15) is 0 Å². The number of benzene rings is 1. The number of hydrogen-bond acceptors (Lipinski definition) is 2. The van der Waals surface area contributed by atoms with Crippen molar-refractivity contribution < 1.29 is 0 Å². The van der Waals surface area contributed by atoms with Crippen molar-refractivity contribution in [3.8, 4) is 0 Å². The van der Waals surface area contributed by atoms with E-state index in [4.69, 9.17) is 0 Å². The van der Waals surface area contributed by atoms with E-state index >= 15 is 0 Å². The molecule has 3 nitrogen and oxygen atoms in total. The van der Waals surface area contributed by atoms with E-state index in [2.05, 4.69) is 60.3 Å². The first-order valence-corrected chi connectivity index (χ1v) is 5.87. The number of aromatic nitrogens is 2. The van der Waals surface area contributed by atoms with Gasteiger partial charge in [0.05, 0.1) is 18.6 Å². The maximum atomic E-state index is 3.99. The summed E-state index contributed by atoms with van der Waals surface area (Å²) in [4.78, 5) is 7.05. The second kappa shape index (κ2) is 4.62. The summed E-state index contributed by atoms with van der Waals surface area (Å²) in [7, 11) is 0. The molecule has 2 N–H and O–H groups in total. The Labute approximate surface area is 102 Å². The minimum Gasteiger partial charge on any atom is -0.379 e. The molecule has 0 unspecified atom stereocenters. The number of imidazole rings is 1. The second-order valence-corrected chi connectivity index (χ2v) is 5.26.